The molecule has 4 nitrogen and oxygen atoms in total. The SMILES string of the molecule is CN(Cc1nccn1C)C1CC(C(C)(C)C)CCC1O. The van der Waals surface area contributed by atoms with Crippen molar-refractivity contribution in [3.8, 4) is 0 Å². The third-order valence-corrected chi connectivity index (χ3v) is 4.88. The molecule has 2 rings (SSSR count). The van der Waals surface area contributed by atoms with Gasteiger partial charge < -0.3 is 9.67 Å². The second kappa shape index (κ2) is 5.86. The first-order chi connectivity index (χ1) is 9.29. The first-order valence-corrected chi connectivity index (χ1v) is 7.63. The van der Waals surface area contributed by atoms with Crippen molar-refractivity contribution >= 4 is 0 Å². The summed E-state index contributed by atoms with van der Waals surface area (Å²) in [5.41, 5.74) is 0.322. The van der Waals surface area contributed by atoms with Gasteiger partial charge in [0.25, 0.3) is 0 Å². The topological polar surface area (TPSA) is 41.3 Å². The highest BCUT2D eigenvalue weighted by atomic mass is 16.3. The van der Waals surface area contributed by atoms with Gasteiger partial charge in [-0.15, -0.1) is 0 Å². The van der Waals surface area contributed by atoms with Crippen LogP contribution in [-0.4, -0.2) is 38.8 Å². The maximum Gasteiger partial charge on any atom is 0.122 e. The van der Waals surface area contributed by atoms with E-state index in [0.29, 0.717) is 11.3 Å². The Kier molecular flexibility index (Phi) is 4.55. The van der Waals surface area contributed by atoms with Gasteiger partial charge in [-0.3, -0.25) is 4.90 Å². The average Bonchev–Trinajstić information content (AvgIpc) is 2.74. The van der Waals surface area contributed by atoms with Crippen LogP contribution in [0, 0.1) is 11.3 Å². The second-order valence-electron chi connectivity index (χ2n) is 7.38. The zero-order valence-electron chi connectivity index (χ0n) is 13.5. The van der Waals surface area contributed by atoms with Gasteiger partial charge in [-0.2, -0.15) is 0 Å². The van der Waals surface area contributed by atoms with Gasteiger partial charge in [-0.1, -0.05) is 20.8 Å². The summed E-state index contributed by atoms with van der Waals surface area (Å²) < 4.78 is 2.05. The molecule has 3 unspecified atom stereocenters. The molecule has 0 spiro atoms. The largest absolute Gasteiger partial charge is 0.391 e. The van der Waals surface area contributed by atoms with Gasteiger partial charge in [0.05, 0.1) is 12.6 Å². The Labute approximate surface area is 122 Å². The number of likely N-dealkylation sites (N-methyl/N-ethyl adjacent to an activating group) is 1. The minimum absolute atomic E-state index is 0.209. The molecular weight excluding hydrogens is 250 g/mol. The van der Waals surface area contributed by atoms with E-state index in [2.05, 4.69) is 37.7 Å². The normalized spacial score (nSPS) is 28.1. The van der Waals surface area contributed by atoms with Gasteiger partial charge in [0.2, 0.25) is 0 Å². The summed E-state index contributed by atoms with van der Waals surface area (Å²) in [6.45, 7) is 7.73. The molecule has 1 aliphatic rings. The molecule has 1 saturated carbocycles. The van der Waals surface area contributed by atoms with Crippen molar-refractivity contribution < 1.29 is 5.11 Å². The minimum Gasteiger partial charge on any atom is -0.391 e. The lowest BCUT2D eigenvalue weighted by Gasteiger charge is -2.43. The van der Waals surface area contributed by atoms with E-state index in [9.17, 15) is 5.11 Å². The van der Waals surface area contributed by atoms with Crippen LogP contribution in [0.5, 0.6) is 0 Å². The van der Waals surface area contributed by atoms with Gasteiger partial charge in [-0.25, -0.2) is 4.98 Å². The van der Waals surface area contributed by atoms with E-state index >= 15 is 0 Å². The number of nitrogens with zero attached hydrogens (tertiary/aromatic N) is 3. The Morgan fingerprint density at radius 2 is 2.10 bits per heavy atom. The highest BCUT2D eigenvalue weighted by molar-refractivity contribution is 4.95. The molecule has 0 aliphatic heterocycles. The fourth-order valence-corrected chi connectivity index (χ4v) is 3.28. The lowest BCUT2D eigenvalue weighted by molar-refractivity contribution is -0.0112. The molecule has 0 saturated heterocycles. The summed E-state index contributed by atoms with van der Waals surface area (Å²) in [7, 11) is 4.12. The lowest BCUT2D eigenvalue weighted by atomic mass is 9.70. The van der Waals surface area contributed by atoms with Crippen LogP contribution in [0.15, 0.2) is 12.4 Å². The first kappa shape index (κ1) is 15.5. The van der Waals surface area contributed by atoms with E-state index in [1.807, 2.05) is 24.0 Å². The second-order valence-corrected chi connectivity index (χ2v) is 7.38. The number of aryl methyl sites for hydroxylation is 1. The molecule has 1 aromatic rings. The standard InChI is InChI=1S/C16H29N3O/c1-16(2,3)12-6-7-14(20)13(10-12)19(5)11-15-17-8-9-18(15)4/h8-9,12-14,20H,6-7,10-11H2,1-5H3. The van der Waals surface area contributed by atoms with Crippen LogP contribution in [0.2, 0.25) is 0 Å². The molecule has 0 bridgehead atoms. The highest BCUT2D eigenvalue weighted by Crippen LogP contribution is 2.39. The summed E-state index contributed by atoms with van der Waals surface area (Å²) in [6, 6.07) is 0.240. The molecule has 0 amide bonds. The number of aliphatic hydroxyl groups excluding tert-OH is 1. The summed E-state index contributed by atoms with van der Waals surface area (Å²) in [5.74, 6) is 1.73. The quantitative estimate of drug-likeness (QED) is 0.924. The van der Waals surface area contributed by atoms with Crippen molar-refractivity contribution in [1.29, 1.82) is 0 Å². The number of imidazole rings is 1. The van der Waals surface area contributed by atoms with E-state index in [1.54, 1.807) is 0 Å². The highest BCUT2D eigenvalue weighted by Gasteiger charge is 2.36. The summed E-state index contributed by atoms with van der Waals surface area (Å²) in [5, 5.41) is 10.4. The Morgan fingerprint density at radius 1 is 1.40 bits per heavy atom. The van der Waals surface area contributed by atoms with Crippen LogP contribution in [0.25, 0.3) is 0 Å². The summed E-state index contributed by atoms with van der Waals surface area (Å²) in [6.07, 6.45) is 6.72. The van der Waals surface area contributed by atoms with Crippen LogP contribution >= 0.6 is 0 Å². The lowest BCUT2D eigenvalue weighted by Crippen LogP contribution is -2.47. The fourth-order valence-electron chi connectivity index (χ4n) is 3.28. The van der Waals surface area contributed by atoms with Crippen molar-refractivity contribution in [2.24, 2.45) is 18.4 Å². The molecular formula is C16H29N3O. The third kappa shape index (κ3) is 3.41. The number of aliphatic hydroxyl groups is 1. The molecule has 1 heterocycles. The van der Waals surface area contributed by atoms with Crippen LogP contribution in [-0.2, 0) is 13.6 Å². The van der Waals surface area contributed by atoms with E-state index in [-0.39, 0.29) is 12.1 Å². The van der Waals surface area contributed by atoms with Crippen LogP contribution in [0.3, 0.4) is 0 Å². The Morgan fingerprint density at radius 3 is 2.65 bits per heavy atom. The Balaban J connectivity index is 2.03. The van der Waals surface area contributed by atoms with Gasteiger partial charge in [-0.05, 0) is 37.6 Å². The zero-order chi connectivity index (χ0) is 14.9. The molecule has 0 aromatic carbocycles. The monoisotopic (exact) mass is 279 g/mol. The van der Waals surface area contributed by atoms with Crippen molar-refractivity contribution in [3.63, 3.8) is 0 Å². The number of aromatic nitrogens is 2. The Bertz CT molecular complexity index is 435. The molecule has 114 valence electrons. The molecule has 1 aliphatic carbocycles. The smallest absolute Gasteiger partial charge is 0.122 e. The van der Waals surface area contributed by atoms with Gasteiger partial charge in [0, 0.05) is 25.5 Å². The predicted molar refractivity (Wildman–Crippen MR) is 81.3 cm³/mol. The van der Waals surface area contributed by atoms with Crippen molar-refractivity contribution in [1.82, 2.24) is 14.5 Å². The van der Waals surface area contributed by atoms with Crippen LogP contribution in [0.1, 0.15) is 45.9 Å². The summed E-state index contributed by atoms with van der Waals surface area (Å²) >= 11 is 0. The third-order valence-electron chi connectivity index (χ3n) is 4.88. The molecule has 0 radical (unpaired) electrons. The number of hydrogen-bond acceptors (Lipinski definition) is 3. The van der Waals surface area contributed by atoms with Gasteiger partial charge in [0.1, 0.15) is 5.82 Å². The predicted octanol–water partition coefficient (Wildman–Crippen LogP) is 2.43. The molecule has 3 atom stereocenters. The summed E-state index contributed by atoms with van der Waals surface area (Å²) in [4.78, 5) is 6.65. The zero-order valence-corrected chi connectivity index (χ0v) is 13.5. The van der Waals surface area contributed by atoms with Crippen molar-refractivity contribution in [2.75, 3.05) is 7.05 Å². The maximum atomic E-state index is 10.4. The van der Waals surface area contributed by atoms with E-state index in [1.165, 1.54) is 0 Å². The first-order valence-electron chi connectivity index (χ1n) is 7.63. The number of hydrogen-bond donors (Lipinski definition) is 1. The van der Waals surface area contributed by atoms with Crippen LogP contribution < -0.4 is 0 Å². The van der Waals surface area contributed by atoms with Crippen molar-refractivity contribution in [2.45, 2.75) is 58.7 Å². The number of rotatable bonds is 3. The molecule has 1 aromatic heterocycles. The van der Waals surface area contributed by atoms with Crippen molar-refractivity contribution in [3.05, 3.63) is 18.2 Å². The van der Waals surface area contributed by atoms with E-state index < -0.39 is 0 Å². The van der Waals surface area contributed by atoms with Gasteiger partial charge >= 0.3 is 0 Å². The van der Waals surface area contributed by atoms with E-state index in [4.69, 9.17) is 0 Å². The van der Waals surface area contributed by atoms with Gasteiger partial charge in [0.15, 0.2) is 0 Å². The van der Waals surface area contributed by atoms with Crippen LogP contribution in [0.4, 0.5) is 0 Å². The maximum absolute atomic E-state index is 10.4. The molecule has 4 heteroatoms. The average molecular weight is 279 g/mol. The fraction of sp³-hybridized carbons (Fsp3) is 0.812. The molecule has 1 fully saturated rings. The van der Waals surface area contributed by atoms with E-state index in [0.717, 1.165) is 31.6 Å². The molecule has 20 heavy (non-hydrogen) atoms. The minimum atomic E-state index is -0.209. The molecule has 1 N–H and O–H groups in total. The Hall–Kier alpha value is -0.870.